The second-order valence-corrected chi connectivity index (χ2v) is 7.28. The Morgan fingerprint density at radius 1 is 1.37 bits per heavy atom. The molecule has 0 saturated heterocycles. The third-order valence-corrected chi connectivity index (χ3v) is 5.47. The number of ether oxygens (including phenoxy) is 1. The second-order valence-electron chi connectivity index (χ2n) is 6.42. The highest BCUT2D eigenvalue weighted by Crippen LogP contribution is 2.33. The highest BCUT2D eigenvalue weighted by Gasteiger charge is 2.17. The molecule has 2 heterocycles. The number of carbonyl (C=O) groups excluding carboxylic acids is 1. The third kappa shape index (κ3) is 3.73. The number of methoxy groups -OCH3 is 1. The predicted molar refractivity (Wildman–Crippen MR) is 108 cm³/mol. The van der Waals surface area contributed by atoms with Gasteiger partial charge in [-0.05, 0) is 36.6 Å². The van der Waals surface area contributed by atoms with Gasteiger partial charge in [0.15, 0.2) is 0 Å². The molecule has 6 nitrogen and oxygen atoms in total. The van der Waals surface area contributed by atoms with Crippen LogP contribution in [0.2, 0.25) is 0 Å². The molecule has 0 fully saturated rings. The summed E-state index contributed by atoms with van der Waals surface area (Å²) >= 11 is 1.48. The minimum atomic E-state index is -0.361. The molecule has 0 spiro atoms. The maximum Gasteiger partial charge on any atom is 0.262 e. The summed E-state index contributed by atoms with van der Waals surface area (Å²) < 4.78 is 7.01. The number of nitrogens with two attached hydrogens (primary N) is 1. The molecule has 0 aliphatic heterocycles. The van der Waals surface area contributed by atoms with Crippen molar-refractivity contribution in [1.29, 1.82) is 0 Å². The number of aryl methyl sites for hydroxylation is 2. The number of thiophene rings is 1. The molecule has 2 N–H and O–H groups in total. The van der Waals surface area contributed by atoms with E-state index in [1.165, 1.54) is 11.3 Å². The van der Waals surface area contributed by atoms with Crippen molar-refractivity contribution in [2.75, 3.05) is 7.11 Å². The van der Waals surface area contributed by atoms with E-state index in [4.69, 9.17) is 15.5 Å². The van der Waals surface area contributed by atoms with Crippen molar-refractivity contribution in [3.63, 3.8) is 0 Å². The molecule has 2 aromatic heterocycles. The van der Waals surface area contributed by atoms with Crippen LogP contribution < -0.4 is 16.0 Å². The van der Waals surface area contributed by atoms with E-state index in [0.29, 0.717) is 24.8 Å². The Bertz CT molecular complexity index is 1050. The van der Waals surface area contributed by atoms with Crippen molar-refractivity contribution in [2.45, 2.75) is 39.7 Å². The number of hydrogen-bond acceptors (Lipinski definition) is 5. The summed E-state index contributed by atoms with van der Waals surface area (Å²) in [5.74, 6) is 1.19. The van der Waals surface area contributed by atoms with E-state index in [1.807, 2.05) is 37.4 Å². The summed E-state index contributed by atoms with van der Waals surface area (Å²) in [6.07, 6.45) is 1.43. The van der Waals surface area contributed by atoms with Crippen LogP contribution in [0, 0.1) is 6.92 Å². The molecule has 7 heteroatoms. The van der Waals surface area contributed by atoms with E-state index in [9.17, 15) is 9.59 Å². The van der Waals surface area contributed by atoms with Crippen LogP contribution in [0.25, 0.3) is 21.3 Å². The molecule has 1 amide bonds. The Balaban J connectivity index is 2.12. The normalized spacial score (nSPS) is 11.1. The lowest BCUT2D eigenvalue weighted by molar-refractivity contribution is -0.118. The summed E-state index contributed by atoms with van der Waals surface area (Å²) in [5.41, 5.74) is 8.01. The molecule has 3 aromatic rings. The SMILES string of the molecule is CCc1nc2scc(-c3ccc(OC)c(C)c3)c2c(=O)n1CCCC(N)=O. The predicted octanol–water partition coefficient (Wildman–Crippen LogP) is 3.27. The van der Waals surface area contributed by atoms with E-state index in [-0.39, 0.29) is 17.9 Å². The van der Waals surface area contributed by atoms with E-state index in [2.05, 4.69) is 0 Å². The number of fused-ring (bicyclic) bond motifs is 1. The lowest BCUT2D eigenvalue weighted by Gasteiger charge is -2.12. The second kappa shape index (κ2) is 7.92. The monoisotopic (exact) mass is 385 g/mol. The van der Waals surface area contributed by atoms with Gasteiger partial charge < -0.3 is 10.5 Å². The number of amides is 1. The first kappa shape index (κ1) is 19.1. The quantitative estimate of drug-likeness (QED) is 0.676. The van der Waals surface area contributed by atoms with Gasteiger partial charge in [0.25, 0.3) is 5.56 Å². The lowest BCUT2D eigenvalue weighted by atomic mass is 10.0. The summed E-state index contributed by atoms with van der Waals surface area (Å²) in [7, 11) is 1.64. The number of rotatable bonds is 7. The highest BCUT2D eigenvalue weighted by atomic mass is 32.1. The molecule has 0 saturated carbocycles. The fourth-order valence-corrected chi connectivity index (χ4v) is 4.19. The molecule has 0 radical (unpaired) electrons. The van der Waals surface area contributed by atoms with Crippen LogP contribution in [-0.4, -0.2) is 22.6 Å². The molecule has 0 atom stereocenters. The van der Waals surface area contributed by atoms with E-state index < -0.39 is 0 Å². The fraction of sp³-hybridized carbons (Fsp3) is 0.350. The fourth-order valence-electron chi connectivity index (χ4n) is 3.24. The topological polar surface area (TPSA) is 87.2 Å². The van der Waals surface area contributed by atoms with Gasteiger partial charge in [0.1, 0.15) is 16.4 Å². The Kier molecular flexibility index (Phi) is 5.60. The van der Waals surface area contributed by atoms with Gasteiger partial charge in [0, 0.05) is 30.3 Å². The Labute approximate surface area is 161 Å². The maximum atomic E-state index is 13.2. The number of primary amides is 1. The van der Waals surface area contributed by atoms with Crippen LogP contribution in [0.5, 0.6) is 5.75 Å². The summed E-state index contributed by atoms with van der Waals surface area (Å²) in [6, 6.07) is 5.89. The minimum absolute atomic E-state index is 0.0639. The van der Waals surface area contributed by atoms with E-state index in [0.717, 1.165) is 33.1 Å². The zero-order valence-corrected chi connectivity index (χ0v) is 16.6. The molecule has 0 unspecified atom stereocenters. The first-order valence-electron chi connectivity index (χ1n) is 8.90. The molecule has 27 heavy (non-hydrogen) atoms. The smallest absolute Gasteiger partial charge is 0.262 e. The number of nitrogens with zero attached hydrogens (tertiary/aromatic N) is 2. The van der Waals surface area contributed by atoms with Crippen LogP contribution in [0.15, 0.2) is 28.4 Å². The van der Waals surface area contributed by atoms with Crippen LogP contribution in [0.1, 0.15) is 31.2 Å². The van der Waals surface area contributed by atoms with Gasteiger partial charge in [0.2, 0.25) is 5.91 Å². The molecule has 0 aliphatic rings. The average Bonchev–Trinajstić information content (AvgIpc) is 3.07. The zero-order chi connectivity index (χ0) is 19.6. The van der Waals surface area contributed by atoms with Crippen molar-refractivity contribution in [2.24, 2.45) is 5.73 Å². The summed E-state index contributed by atoms with van der Waals surface area (Å²) in [5, 5.41) is 2.61. The molecule has 0 aliphatic carbocycles. The molecular formula is C20H23N3O3S. The van der Waals surface area contributed by atoms with Crippen molar-refractivity contribution in [3.8, 4) is 16.9 Å². The zero-order valence-electron chi connectivity index (χ0n) is 15.7. The number of benzene rings is 1. The van der Waals surface area contributed by atoms with Gasteiger partial charge in [-0.2, -0.15) is 0 Å². The Hall–Kier alpha value is -2.67. The molecule has 3 rings (SSSR count). The van der Waals surface area contributed by atoms with E-state index >= 15 is 0 Å². The van der Waals surface area contributed by atoms with Gasteiger partial charge in [0.05, 0.1) is 12.5 Å². The molecule has 142 valence electrons. The number of hydrogen-bond donors (Lipinski definition) is 1. The van der Waals surface area contributed by atoms with Gasteiger partial charge in [-0.3, -0.25) is 14.2 Å². The standard InChI is InChI=1S/C20H23N3O3S/c1-4-17-22-19-18(20(25)23(17)9-5-6-16(21)24)14(11-27-19)13-7-8-15(26-3)12(2)10-13/h7-8,10-11H,4-6,9H2,1-3H3,(H2,21,24). The summed E-state index contributed by atoms with van der Waals surface area (Å²) in [6.45, 7) is 4.39. The molecule has 0 bridgehead atoms. The third-order valence-electron chi connectivity index (χ3n) is 4.60. The van der Waals surface area contributed by atoms with Crippen LogP contribution in [0.4, 0.5) is 0 Å². The van der Waals surface area contributed by atoms with Gasteiger partial charge in [-0.15, -0.1) is 11.3 Å². The van der Waals surface area contributed by atoms with Gasteiger partial charge in [-0.1, -0.05) is 13.0 Å². The average molecular weight is 385 g/mol. The summed E-state index contributed by atoms with van der Waals surface area (Å²) in [4.78, 5) is 29.7. The van der Waals surface area contributed by atoms with Crippen molar-refractivity contribution >= 4 is 27.5 Å². The van der Waals surface area contributed by atoms with Crippen LogP contribution in [0.3, 0.4) is 0 Å². The number of carbonyl (C=O) groups is 1. The molecular weight excluding hydrogens is 362 g/mol. The van der Waals surface area contributed by atoms with Crippen LogP contribution in [-0.2, 0) is 17.8 Å². The molecule has 1 aromatic carbocycles. The Morgan fingerprint density at radius 2 is 2.15 bits per heavy atom. The van der Waals surface area contributed by atoms with Gasteiger partial charge in [-0.25, -0.2) is 4.98 Å². The highest BCUT2D eigenvalue weighted by molar-refractivity contribution is 7.17. The van der Waals surface area contributed by atoms with Crippen molar-refractivity contribution in [1.82, 2.24) is 9.55 Å². The Morgan fingerprint density at radius 3 is 2.78 bits per heavy atom. The van der Waals surface area contributed by atoms with Crippen molar-refractivity contribution in [3.05, 3.63) is 45.3 Å². The maximum absolute atomic E-state index is 13.2. The van der Waals surface area contributed by atoms with Gasteiger partial charge >= 0.3 is 0 Å². The lowest BCUT2D eigenvalue weighted by Crippen LogP contribution is -2.25. The van der Waals surface area contributed by atoms with Crippen LogP contribution >= 0.6 is 11.3 Å². The van der Waals surface area contributed by atoms with Crippen molar-refractivity contribution < 1.29 is 9.53 Å². The largest absolute Gasteiger partial charge is 0.496 e. The van der Waals surface area contributed by atoms with E-state index in [1.54, 1.807) is 11.7 Å². The first-order valence-corrected chi connectivity index (χ1v) is 9.78. The number of aromatic nitrogens is 2. The first-order chi connectivity index (χ1) is 13.0. The minimum Gasteiger partial charge on any atom is -0.496 e.